The van der Waals surface area contributed by atoms with Crippen LogP contribution in [0.2, 0.25) is 0 Å². The van der Waals surface area contributed by atoms with Gasteiger partial charge in [-0.05, 0) is 55.7 Å². The highest BCUT2D eigenvalue weighted by molar-refractivity contribution is 7.90. The van der Waals surface area contributed by atoms with E-state index in [2.05, 4.69) is 15.4 Å². The van der Waals surface area contributed by atoms with Crippen molar-refractivity contribution in [1.82, 2.24) is 4.72 Å². The maximum atomic E-state index is 13.2. The maximum absolute atomic E-state index is 13.2. The largest absolute Gasteiger partial charge is 0.380 e. The van der Waals surface area contributed by atoms with Crippen LogP contribution < -0.4 is 20.5 Å². The fourth-order valence-corrected chi connectivity index (χ4v) is 5.70. The molecular formula is C21H28N4O6S2. The summed E-state index contributed by atoms with van der Waals surface area (Å²) in [5, 5.41) is 11.0. The molecule has 0 saturated carbocycles. The van der Waals surface area contributed by atoms with Gasteiger partial charge >= 0.3 is 0 Å². The first-order valence-electron chi connectivity index (χ1n) is 10.4. The lowest BCUT2D eigenvalue weighted by atomic mass is 10.1. The normalized spacial score (nSPS) is 19.1. The fourth-order valence-electron chi connectivity index (χ4n) is 3.60. The quantitative estimate of drug-likeness (QED) is 0.434. The van der Waals surface area contributed by atoms with Crippen molar-refractivity contribution in [1.29, 1.82) is 0 Å². The standard InChI is InChI=1S/C21H28N4O6S2/c1-14-10-18(8-9-31-14)25-33(29,30)21-12-19(32(22,27)28)6-7-20(21)23-13-16-4-3-5-17(11-16)24-15(2)26/h3-7,11-12,14,18,23,25H,8-10,13H2,1-2H3,(H,24,26)(H2,22,27,28)/t14-,18+/m1/s1. The minimum absolute atomic E-state index is 0.0873. The number of nitrogens with two attached hydrogens (primary N) is 1. The lowest BCUT2D eigenvalue weighted by Crippen LogP contribution is -2.41. The third-order valence-electron chi connectivity index (χ3n) is 5.11. The minimum Gasteiger partial charge on any atom is -0.380 e. The van der Waals surface area contributed by atoms with Crippen molar-refractivity contribution in [3.63, 3.8) is 0 Å². The first-order valence-corrected chi connectivity index (χ1v) is 13.4. The molecule has 1 heterocycles. The first kappa shape index (κ1) is 25.1. The molecule has 2 atom stereocenters. The van der Waals surface area contributed by atoms with Crippen LogP contribution in [-0.4, -0.2) is 41.5 Å². The highest BCUT2D eigenvalue weighted by Gasteiger charge is 2.28. The van der Waals surface area contributed by atoms with Crippen molar-refractivity contribution in [2.45, 2.75) is 55.2 Å². The zero-order valence-corrected chi connectivity index (χ0v) is 20.0. The number of primary sulfonamides is 1. The minimum atomic E-state index is -4.11. The van der Waals surface area contributed by atoms with Crippen molar-refractivity contribution >= 4 is 37.3 Å². The highest BCUT2D eigenvalue weighted by atomic mass is 32.2. The Hall–Kier alpha value is -2.51. The SMILES string of the molecule is CC(=O)Nc1cccc(CNc2ccc(S(N)(=O)=O)cc2S(=O)(=O)N[C@H]2CCO[C@H](C)C2)c1. The van der Waals surface area contributed by atoms with Gasteiger partial charge in [0.15, 0.2) is 0 Å². The highest BCUT2D eigenvalue weighted by Crippen LogP contribution is 2.27. The second kappa shape index (κ2) is 10.2. The molecule has 0 spiro atoms. The van der Waals surface area contributed by atoms with Crippen LogP contribution in [0.25, 0.3) is 0 Å². The Kier molecular flexibility index (Phi) is 7.75. The van der Waals surface area contributed by atoms with E-state index in [-0.39, 0.29) is 40.1 Å². The number of ether oxygens (including phenoxy) is 1. The van der Waals surface area contributed by atoms with E-state index in [1.807, 2.05) is 13.0 Å². The van der Waals surface area contributed by atoms with Crippen LogP contribution in [0.1, 0.15) is 32.3 Å². The fraction of sp³-hybridized carbons (Fsp3) is 0.381. The van der Waals surface area contributed by atoms with Crippen molar-refractivity contribution in [2.75, 3.05) is 17.2 Å². The predicted molar refractivity (Wildman–Crippen MR) is 125 cm³/mol. The number of carbonyl (C=O) groups is 1. The monoisotopic (exact) mass is 496 g/mol. The number of rotatable bonds is 8. The molecular weight excluding hydrogens is 468 g/mol. The smallest absolute Gasteiger partial charge is 0.242 e. The van der Waals surface area contributed by atoms with Crippen molar-refractivity contribution in [3.05, 3.63) is 48.0 Å². The van der Waals surface area contributed by atoms with Gasteiger partial charge in [0.05, 0.1) is 16.7 Å². The Morgan fingerprint density at radius 2 is 1.91 bits per heavy atom. The molecule has 3 rings (SSSR count). The topological polar surface area (TPSA) is 157 Å². The number of carbonyl (C=O) groups excluding carboxylic acids is 1. The average molecular weight is 497 g/mol. The lowest BCUT2D eigenvalue weighted by Gasteiger charge is -2.28. The second-order valence-electron chi connectivity index (χ2n) is 7.96. The summed E-state index contributed by atoms with van der Waals surface area (Å²) in [6, 6.07) is 10.4. The van der Waals surface area contributed by atoms with Crippen LogP contribution in [0.15, 0.2) is 52.3 Å². The van der Waals surface area contributed by atoms with Crippen LogP contribution in [-0.2, 0) is 36.1 Å². The molecule has 0 aromatic heterocycles. The van der Waals surface area contributed by atoms with E-state index in [4.69, 9.17) is 9.88 Å². The van der Waals surface area contributed by atoms with Crippen LogP contribution in [0.4, 0.5) is 11.4 Å². The predicted octanol–water partition coefficient (Wildman–Crippen LogP) is 1.75. The van der Waals surface area contributed by atoms with Gasteiger partial charge in [-0.2, -0.15) is 0 Å². The van der Waals surface area contributed by atoms with Gasteiger partial charge in [-0.25, -0.2) is 26.7 Å². The molecule has 0 unspecified atom stereocenters. The Labute approximate surface area is 194 Å². The number of amides is 1. The zero-order valence-electron chi connectivity index (χ0n) is 18.4. The Balaban J connectivity index is 1.89. The van der Waals surface area contributed by atoms with Gasteiger partial charge in [0.25, 0.3) is 0 Å². The van der Waals surface area contributed by atoms with Crippen molar-refractivity contribution in [3.8, 4) is 0 Å². The van der Waals surface area contributed by atoms with E-state index in [1.54, 1.807) is 18.2 Å². The molecule has 1 fully saturated rings. The second-order valence-corrected chi connectivity index (χ2v) is 11.2. The number of nitrogens with one attached hydrogen (secondary N) is 3. The number of hydrogen-bond acceptors (Lipinski definition) is 7. The van der Waals surface area contributed by atoms with Crippen LogP contribution in [0, 0.1) is 0 Å². The molecule has 12 heteroatoms. The van der Waals surface area contributed by atoms with Crippen LogP contribution in [0.3, 0.4) is 0 Å². The third kappa shape index (κ3) is 6.98. The Morgan fingerprint density at radius 3 is 2.58 bits per heavy atom. The maximum Gasteiger partial charge on any atom is 0.242 e. The van der Waals surface area contributed by atoms with Crippen LogP contribution in [0.5, 0.6) is 0 Å². The van der Waals surface area contributed by atoms with Gasteiger partial charge in [0.1, 0.15) is 4.90 Å². The van der Waals surface area contributed by atoms with Gasteiger partial charge in [0.2, 0.25) is 26.0 Å². The van der Waals surface area contributed by atoms with E-state index in [0.717, 1.165) is 11.6 Å². The molecule has 33 heavy (non-hydrogen) atoms. The summed E-state index contributed by atoms with van der Waals surface area (Å²) in [6.07, 6.45) is 0.930. The third-order valence-corrected chi connectivity index (χ3v) is 7.58. The molecule has 180 valence electrons. The van der Waals surface area contributed by atoms with E-state index in [0.29, 0.717) is 25.1 Å². The summed E-state index contributed by atoms with van der Waals surface area (Å²) in [6.45, 7) is 3.94. The van der Waals surface area contributed by atoms with Gasteiger partial charge < -0.3 is 15.4 Å². The number of sulfonamides is 2. The molecule has 1 aliphatic rings. The van der Waals surface area contributed by atoms with Gasteiger partial charge in [-0.1, -0.05) is 12.1 Å². The summed E-state index contributed by atoms with van der Waals surface area (Å²) in [4.78, 5) is 10.8. The first-order chi connectivity index (χ1) is 15.4. The summed E-state index contributed by atoms with van der Waals surface area (Å²) in [7, 11) is -8.18. The van der Waals surface area contributed by atoms with E-state index >= 15 is 0 Å². The average Bonchev–Trinajstić information content (AvgIpc) is 2.71. The zero-order chi connectivity index (χ0) is 24.2. The summed E-state index contributed by atoms with van der Waals surface area (Å²) in [5.74, 6) is -0.208. The lowest BCUT2D eigenvalue weighted by molar-refractivity contribution is -0.114. The molecule has 0 bridgehead atoms. The molecule has 1 aliphatic heterocycles. The van der Waals surface area contributed by atoms with Gasteiger partial charge in [-0.15, -0.1) is 0 Å². The van der Waals surface area contributed by atoms with E-state index < -0.39 is 20.0 Å². The van der Waals surface area contributed by atoms with E-state index in [1.165, 1.54) is 19.1 Å². The van der Waals surface area contributed by atoms with E-state index in [9.17, 15) is 21.6 Å². The molecule has 2 aromatic rings. The van der Waals surface area contributed by atoms with Gasteiger partial charge in [0, 0.05) is 31.8 Å². The molecule has 0 radical (unpaired) electrons. The van der Waals surface area contributed by atoms with Gasteiger partial charge in [-0.3, -0.25) is 4.79 Å². The molecule has 1 saturated heterocycles. The summed E-state index contributed by atoms with van der Waals surface area (Å²) in [5.41, 5.74) is 1.61. The Morgan fingerprint density at radius 1 is 1.15 bits per heavy atom. The summed E-state index contributed by atoms with van der Waals surface area (Å²) < 4.78 is 58.3. The molecule has 5 N–H and O–H groups in total. The number of anilines is 2. The molecule has 0 aliphatic carbocycles. The molecule has 1 amide bonds. The number of benzene rings is 2. The van der Waals surface area contributed by atoms with Crippen molar-refractivity contribution < 1.29 is 26.4 Å². The Bertz CT molecular complexity index is 1230. The summed E-state index contributed by atoms with van der Waals surface area (Å²) >= 11 is 0. The van der Waals surface area contributed by atoms with Crippen molar-refractivity contribution in [2.24, 2.45) is 5.14 Å². The molecule has 10 nitrogen and oxygen atoms in total. The number of hydrogen-bond donors (Lipinski definition) is 4. The van der Waals surface area contributed by atoms with Crippen LogP contribution >= 0.6 is 0 Å². The molecule has 2 aromatic carbocycles.